The van der Waals surface area contributed by atoms with Crippen molar-refractivity contribution in [2.75, 3.05) is 4.90 Å². The first-order valence-electron chi connectivity index (χ1n) is 24.1. The predicted molar refractivity (Wildman–Crippen MR) is 280 cm³/mol. The molecule has 1 aromatic heterocycles. The van der Waals surface area contributed by atoms with Crippen LogP contribution in [0.25, 0.3) is 78.2 Å². The summed E-state index contributed by atoms with van der Waals surface area (Å²) in [5.74, 6) is -0.00329. The first-order chi connectivity index (χ1) is 35.0. The molecule has 10 aromatic rings. The van der Waals surface area contributed by atoms with Crippen molar-refractivity contribution < 1.29 is 26.3 Å². The number of hydrogen-bond donors (Lipinski definition) is 0. The Labute approximate surface area is 411 Å². The standard InChI is InChI=1S/C64H42F6N2/c65-63(66,67)45-23-27-47(28-24-45)71-57-17-9-7-15-49(57)53-35-43(21-33-59(53)71)41-20-32-52-55(37-41)61(39-11-3-1-4-12-39)51-31-19-42(38-56(51)62(52)40-13-5-2-6-14-40)44-22-34-60-54(36-44)50-16-8-10-18-58(50)72(60)48-29-25-46(26-30-48)64(68,69)70/h1-19,21-38,41,54,60H,20H2. The number of rotatable bonds is 6. The number of fused-ring (bicyclic) bond motifs is 8. The summed E-state index contributed by atoms with van der Waals surface area (Å²) in [6, 6.07) is 61.4. The lowest BCUT2D eigenvalue weighted by Crippen LogP contribution is -2.33. The Hall–Kier alpha value is -8.36. The molecule has 3 atom stereocenters. The van der Waals surface area contributed by atoms with E-state index in [1.165, 1.54) is 5.22 Å². The summed E-state index contributed by atoms with van der Waals surface area (Å²) in [5, 5.41) is 6.65. The fourth-order valence-electron chi connectivity index (χ4n) is 11.6. The van der Waals surface area contributed by atoms with Gasteiger partial charge >= 0.3 is 12.4 Å². The second-order valence-electron chi connectivity index (χ2n) is 18.9. The number of benzene rings is 9. The molecule has 2 nitrogen and oxygen atoms in total. The molecule has 3 unspecified atom stereocenters. The van der Waals surface area contributed by atoms with Crippen LogP contribution >= 0.6 is 0 Å². The molecule has 0 radical (unpaired) electrons. The van der Waals surface area contributed by atoms with Gasteiger partial charge in [0, 0.05) is 39.7 Å². The van der Waals surface area contributed by atoms with Gasteiger partial charge in [-0.3, -0.25) is 0 Å². The van der Waals surface area contributed by atoms with Gasteiger partial charge in [-0.15, -0.1) is 0 Å². The van der Waals surface area contributed by atoms with Crippen molar-refractivity contribution in [1.29, 1.82) is 0 Å². The molecular weight excluding hydrogens is 911 g/mol. The molecule has 13 rings (SSSR count). The van der Waals surface area contributed by atoms with Gasteiger partial charge in [-0.25, -0.2) is 0 Å². The van der Waals surface area contributed by atoms with Crippen LogP contribution in [-0.4, -0.2) is 10.6 Å². The first-order valence-corrected chi connectivity index (χ1v) is 24.1. The lowest BCUT2D eigenvalue weighted by Gasteiger charge is -2.30. The molecule has 0 bridgehead atoms. The van der Waals surface area contributed by atoms with E-state index >= 15 is 0 Å². The molecule has 350 valence electrons. The van der Waals surface area contributed by atoms with Crippen molar-refractivity contribution in [1.82, 2.24) is 4.57 Å². The van der Waals surface area contributed by atoms with Gasteiger partial charge in [0.1, 0.15) is 0 Å². The van der Waals surface area contributed by atoms with Crippen LogP contribution in [0.1, 0.15) is 46.1 Å². The highest BCUT2D eigenvalue weighted by molar-refractivity contribution is 6.10. The number of alkyl halides is 6. The summed E-state index contributed by atoms with van der Waals surface area (Å²) < 4.78 is 83.6. The van der Waals surface area contributed by atoms with E-state index in [2.05, 4.69) is 132 Å². The highest BCUT2D eigenvalue weighted by Crippen LogP contribution is 2.50. The van der Waals surface area contributed by atoms with Crippen LogP contribution in [0.3, 0.4) is 0 Å². The maximum Gasteiger partial charge on any atom is 0.416 e. The predicted octanol–water partition coefficient (Wildman–Crippen LogP) is 16.3. The highest BCUT2D eigenvalue weighted by atomic mass is 19.4. The van der Waals surface area contributed by atoms with Crippen molar-refractivity contribution in [3.8, 4) is 27.9 Å². The Morgan fingerprint density at radius 1 is 0.458 bits per heavy atom. The monoisotopic (exact) mass is 952 g/mol. The Kier molecular flexibility index (Phi) is 10.1. The van der Waals surface area contributed by atoms with Crippen LogP contribution < -0.4 is 15.3 Å². The lowest BCUT2D eigenvalue weighted by molar-refractivity contribution is -0.138. The second kappa shape index (κ2) is 16.6. The largest absolute Gasteiger partial charge is 0.416 e. The zero-order valence-corrected chi connectivity index (χ0v) is 38.5. The third kappa shape index (κ3) is 7.18. The van der Waals surface area contributed by atoms with Crippen molar-refractivity contribution in [3.05, 3.63) is 251 Å². The lowest BCUT2D eigenvalue weighted by atomic mass is 9.81. The molecule has 8 heteroatoms. The van der Waals surface area contributed by atoms with Gasteiger partial charge in [-0.05, 0) is 151 Å². The van der Waals surface area contributed by atoms with Gasteiger partial charge in [0.05, 0.1) is 28.2 Å². The molecule has 3 aliphatic rings. The smallest absolute Gasteiger partial charge is 0.333 e. The van der Waals surface area contributed by atoms with Gasteiger partial charge in [0.25, 0.3) is 0 Å². The van der Waals surface area contributed by atoms with Crippen molar-refractivity contribution >= 4 is 61.7 Å². The van der Waals surface area contributed by atoms with E-state index in [4.69, 9.17) is 0 Å². The van der Waals surface area contributed by atoms with E-state index in [-0.39, 0.29) is 17.9 Å². The second-order valence-corrected chi connectivity index (χ2v) is 18.9. The van der Waals surface area contributed by atoms with Gasteiger partial charge in [-0.2, -0.15) is 26.3 Å². The maximum absolute atomic E-state index is 13.6. The summed E-state index contributed by atoms with van der Waals surface area (Å²) in [4.78, 5) is 2.15. The zero-order valence-electron chi connectivity index (χ0n) is 38.5. The maximum atomic E-state index is 13.6. The molecule has 2 heterocycles. The third-order valence-corrected chi connectivity index (χ3v) is 14.9. The number of hydrogen-bond acceptors (Lipinski definition) is 1. The van der Waals surface area contributed by atoms with Gasteiger partial charge in [-0.1, -0.05) is 146 Å². The summed E-state index contributed by atoms with van der Waals surface area (Å²) in [6.45, 7) is 0. The van der Waals surface area contributed by atoms with Crippen LogP contribution in [0, 0.1) is 0 Å². The molecule has 2 aliphatic carbocycles. The van der Waals surface area contributed by atoms with Crippen molar-refractivity contribution in [2.24, 2.45) is 0 Å². The fourth-order valence-corrected chi connectivity index (χ4v) is 11.6. The number of allylic oxidation sites excluding steroid dienone is 2. The van der Waals surface area contributed by atoms with E-state index in [0.717, 1.165) is 119 Å². The molecule has 0 spiro atoms. The molecule has 72 heavy (non-hydrogen) atoms. The topological polar surface area (TPSA) is 8.17 Å². The number of anilines is 2. The number of para-hydroxylation sites is 2. The van der Waals surface area contributed by atoms with E-state index in [0.29, 0.717) is 11.4 Å². The minimum absolute atomic E-state index is 0.0276. The fraction of sp³-hybridized carbons (Fsp3) is 0.0938. The van der Waals surface area contributed by atoms with Gasteiger partial charge in [0.2, 0.25) is 0 Å². The van der Waals surface area contributed by atoms with Crippen LogP contribution in [0.4, 0.5) is 37.7 Å². The van der Waals surface area contributed by atoms with Gasteiger partial charge in [0.15, 0.2) is 0 Å². The summed E-state index contributed by atoms with van der Waals surface area (Å²) in [7, 11) is 0. The van der Waals surface area contributed by atoms with Crippen molar-refractivity contribution in [3.63, 3.8) is 0 Å². The van der Waals surface area contributed by atoms with Crippen LogP contribution in [0.15, 0.2) is 212 Å². The molecule has 0 saturated carbocycles. The average Bonchev–Trinajstić information content (AvgIpc) is 3.92. The Bertz CT molecular complexity index is 3980. The van der Waals surface area contributed by atoms with Crippen LogP contribution in [0.2, 0.25) is 0 Å². The molecule has 9 aromatic carbocycles. The molecule has 0 saturated heterocycles. The van der Waals surface area contributed by atoms with Crippen LogP contribution in [-0.2, 0) is 12.4 Å². The first kappa shape index (κ1) is 43.6. The van der Waals surface area contributed by atoms with E-state index in [9.17, 15) is 26.3 Å². The number of aromatic nitrogens is 1. The van der Waals surface area contributed by atoms with Gasteiger partial charge < -0.3 is 9.47 Å². The minimum atomic E-state index is -4.42. The molecule has 0 N–H and O–H groups in total. The molecule has 0 fully saturated rings. The molecule has 0 amide bonds. The summed E-state index contributed by atoms with van der Waals surface area (Å²) >= 11 is 0. The van der Waals surface area contributed by atoms with Crippen molar-refractivity contribution in [2.45, 2.75) is 36.7 Å². The average molecular weight is 953 g/mol. The zero-order chi connectivity index (χ0) is 48.9. The SMILES string of the molecule is FC(F)(F)c1ccc(N2c3ccccc3C3C=C(c4ccc5c(-c6ccccc6)c6c(c(-c7ccccc7)c5c4)=CCC(c4ccc5c(c4)c4ccccc4n5-c4ccc(C(F)(F)F)cc4)C=6)C=CC32)cc1. The quantitative estimate of drug-likeness (QED) is 0.151. The molecular formula is C64H42F6N2. The minimum Gasteiger partial charge on any atom is -0.333 e. The third-order valence-electron chi connectivity index (χ3n) is 14.9. The number of halogens is 6. The highest BCUT2D eigenvalue weighted by Gasteiger charge is 2.39. The Morgan fingerprint density at radius 2 is 1.07 bits per heavy atom. The summed E-state index contributed by atoms with van der Waals surface area (Å²) in [5.41, 5.74) is 11.8. The van der Waals surface area contributed by atoms with E-state index in [1.54, 1.807) is 24.3 Å². The Morgan fingerprint density at radius 3 is 1.76 bits per heavy atom. The molecule has 1 aliphatic heterocycles. The number of nitrogens with zero attached hydrogens (tertiary/aromatic N) is 2. The normalized spacial score (nSPS) is 17.3. The van der Waals surface area contributed by atoms with Crippen LogP contribution in [0.5, 0.6) is 0 Å². The van der Waals surface area contributed by atoms with E-state index in [1.807, 2.05) is 53.1 Å². The Balaban J connectivity index is 0.950. The summed E-state index contributed by atoms with van der Waals surface area (Å²) in [6.07, 6.45) is 3.40. The van der Waals surface area contributed by atoms with E-state index < -0.39 is 23.5 Å².